The number of hydrogen-bond acceptors (Lipinski definition) is 19. The highest BCUT2D eigenvalue weighted by atomic mass is 16.8. The number of carbonyl (C=O) groups excluding carboxylic acids is 2. The molecule has 9 atom stereocenters. The summed E-state index contributed by atoms with van der Waals surface area (Å²) in [5.41, 5.74) is 0.708. The van der Waals surface area contributed by atoms with Crippen molar-refractivity contribution in [3.63, 3.8) is 0 Å². The van der Waals surface area contributed by atoms with E-state index in [9.17, 15) is 50.4 Å². The first-order chi connectivity index (χ1) is 25.3. The van der Waals surface area contributed by atoms with Crippen LogP contribution in [-0.2, 0) is 33.3 Å². The van der Waals surface area contributed by atoms with Crippen LogP contribution < -0.4 is 18.9 Å². The van der Waals surface area contributed by atoms with Crippen LogP contribution in [-0.4, -0.2) is 156 Å². The summed E-state index contributed by atoms with van der Waals surface area (Å²) < 4.78 is 47.8. The van der Waals surface area contributed by atoms with Crippen LogP contribution in [0, 0.1) is 0 Å². The van der Waals surface area contributed by atoms with Crippen molar-refractivity contribution in [1.29, 1.82) is 0 Å². The van der Waals surface area contributed by atoms with Gasteiger partial charge in [0.15, 0.2) is 35.4 Å². The van der Waals surface area contributed by atoms with E-state index in [1.807, 2.05) is 0 Å². The normalized spacial score (nSPS) is 28.6. The van der Waals surface area contributed by atoms with E-state index in [1.165, 1.54) is 64.9 Å². The van der Waals surface area contributed by atoms with E-state index < -0.39 is 86.6 Å². The van der Waals surface area contributed by atoms with Gasteiger partial charge in [-0.15, -0.1) is 0 Å². The van der Waals surface area contributed by atoms with Crippen molar-refractivity contribution in [2.24, 2.45) is 0 Å². The summed E-state index contributed by atoms with van der Waals surface area (Å²) >= 11 is 0. The van der Waals surface area contributed by atoms with Crippen molar-refractivity contribution in [2.75, 3.05) is 48.3 Å². The Balaban J connectivity index is 1.48. The molecule has 0 saturated carbocycles. The van der Waals surface area contributed by atoms with Gasteiger partial charge in [0.1, 0.15) is 49.8 Å². The number of rotatable bonds is 15. The maximum Gasteiger partial charge on any atom is 0.331 e. The van der Waals surface area contributed by atoms with E-state index in [1.54, 1.807) is 0 Å². The molecular weight excluding hydrogens is 712 g/mol. The van der Waals surface area contributed by atoms with Crippen molar-refractivity contribution < 1.29 is 93.1 Å². The highest BCUT2D eigenvalue weighted by molar-refractivity contribution is 5.88. The van der Waals surface area contributed by atoms with E-state index in [4.69, 9.17) is 42.6 Å². The Morgan fingerprint density at radius 1 is 0.717 bits per heavy atom. The molecule has 0 unspecified atom stereocenters. The average Bonchev–Trinajstić information content (AvgIpc) is 3.42. The number of aliphatic hydroxyl groups excluding tert-OH is 6. The molecule has 4 rings (SSSR count). The zero-order chi connectivity index (χ0) is 39.0. The number of esters is 2. The van der Waals surface area contributed by atoms with E-state index in [0.717, 1.165) is 12.2 Å². The molecule has 2 saturated heterocycles. The number of aliphatic hydroxyl groups is 6. The Bertz CT molecular complexity index is 1590. The monoisotopic (exact) mass is 754 g/mol. The third-order valence-electron chi connectivity index (χ3n) is 8.32. The van der Waals surface area contributed by atoms with Crippen LogP contribution in [0.5, 0.6) is 34.5 Å². The molecule has 0 aliphatic carbocycles. The van der Waals surface area contributed by atoms with Gasteiger partial charge in [-0.2, -0.15) is 0 Å². The number of ether oxygens (including phenoxy) is 9. The number of benzene rings is 2. The maximum atomic E-state index is 12.9. The summed E-state index contributed by atoms with van der Waals surface area (Å²) in [6.45, 7) is -2.69. The van der Waals surface area contributed by atoms with Crippen LogP contribution in [0.1, 0.15) is 11.1 Å². The number of aromatic hydroxyl groups is 2. The fourth-order valence-corrected chi connectivity index (χ4v) is 5.49. The van der Waals surface area contributed by atoms with Crippen molar-refractivity contribution in [3.05, 3.63) is 47.5 Å². The predicted molar refractivity (Wildman–Crippen MR) is 177 cm³/mol. The molecule has 2 aliphatic rings. The third kappa shape index (κ3) is 9.10. The minimum atomic E-state index is -2.51. The summed E-state index contributed by atoms with van der Waals surface area (Å²) in [4.78, 5) is 25.5. The van der Waals surface area contributed by atoms with Gasteiger partial charge in [0, 0.05) is 12.2 Å². The van der Waals surface area contributed by atoms with Crippen LogP contribution in [0.4, 0.5) is 0 Å². The lowest BCUT2D eigenvalue weighted by atomic mass is 9.98. The third-order valence-corrected chi connectivity index (χ3v) is 8.32. The highest BCUT2D eigenvalue weighted by Gasteiger charge is 2.60. The summed E-state index contributed by atoms with van der Waals surface area (Å²) in [6, 6.07) is 5.60. The zero-order valence-corrected chi connectivity index (χ0v) is 28.9. The van der Waals surface area contributed by atoms with E-state index >= 15 is 0 Å². The van der Waals surface area contributed by atoms with E-state index in [-0.39, 0.29) is 34.5 Å². The zero-order valence-electron chi connectivity index (χ0n) is 28.9. The molecule has 0 spiro atoms. The van der Waals surface area contributed by atoms with Crippen molar-refractivity contribution in [1.82, 2.24) is 0 Å². The average molecular weight is 755 g/mol. The molecule has 2 aromatic rings. The van der Waals surface area contributed by atoms with Gasteiger partial charge in [-0.05, 0) is 47.5 Å². The van der Waals surface area contributed by atoms with Gasteiger partial charge in [-0.25, -0.2) is 9.59 Å². The van der Waals surface area contributed by atoms with Crippen LogP contribution in [0.2, 0.25) is 0 Å². The quantitative estimate of drug-likeness (QED) is 0.0765. The first kappa shape index (κ1) is 41.1. The van der Waals surface area contributed by atoms with Crippen molar-refractivity contribution in [2.45, 2.75) is 54.8 Å². The fraction of sp³-hybridized carbons (Fsp3) is 0.471. The molecule has 19 nitrogen and oxygen atoms in total. The molecule has 0 amide bonds. The molecule has 0 bridgehead atoms. The summed E-state index contributed by atoms with van der Waals surface area (Å²) in [5.74, 6) is -4.86. The fourth-order valence-electron chi connectivity index (χ4n) is 5.49. The largest absolute Gasteiger partial charge is 0.502 e. The lowest BCUT2D eigenvalue weighted by Crippen LogP contribution is -2.63. The molecule has 2 heterocycles. The van der Waals surface area contributed by atoms with Gasteiger partial charge < -0.3 is 83.5 Å². The Morgan fingerprint density at radius 2 is 1.21 bits per heavy atom. The predicted octanol–water partition coefficient (Wildman–Crippen LogP) is -1.42. The molecule has 2 aromatic carbocycles. The smallest absolute Gasteiger partial charge is 0.331 e. The van der Waals surface area contributed by atoms with Crippen LogP contribution in [0.25, 0.3) is 12.2 Å². The Labute approximate surface area is 302 Å². The number of phenols is 2. The second-order valence-electron chi connectivity index (χ2n) is 11.6. The molecule has 2 aliphatic heterocycles. The molecule has 19 heteroatoms. The number of methoxy groups -OCH3 is 4. The second-order valence-corrected chi connectivity index (χ2v) is 11.6. The highest BCUT2D eigenvalue weighted by Crippen LogP contribution is 2.40. The lowest BCUT2D eigenvalue weighted by molar-refractivity contribution is -0.383. The van der Waals surface area contributed by atoms with Crippen molar-refractivity contribution in [3.8, 4) is 34.5 Å². The minimum Gasteiger partial charge on any atom is -0.502 e. The maximum absolute atomic E-state index is 12.9. The first-order valence-corrected chi connectivity index (χ1v) is 15.8. The van der Waals surface area contributed by atoms with Gasteiger partial charge in [0.2, 0.25) is 17.3 Å². The van der Waals surface area contributed by atoms with Gasteiger partial charge >= 0.3 is 11.9 Å². The molecule has 8 N–H and O–H groups in total. The molecule has 292 valence electrons. The summed E-state index contributed by atoms with van der Waals surface area (Å²) in [7, 11) is 5.26. The van der Waals surface area contributed by atoms with Crippen LogP contribution in [0.15, 0.2) is 36.4 Å². The number of hydrogen-bond donors (Lipinski definition) is 8. The van der Waals surface area contributed by atoms with E-state index in [0.29, 0.717) is 11.1 Å². The SMILES string of the molecule is COc1cc(C=CC(=O)OC[C@H]2O[C@H](O[C@]3(CO)O[C@H](CO)[C@@H](O)[C@@H]3OC(=O)C=Cc3cc(OC)c(O)c(OC)c3)[C@H](O)[C@@H](O)[C@@H]2O)cc(OC)c1O. The summed E-state index contributed by atoms with van der Waals surface area (Å²) in [6.07, 6.45) is -9.97. The minimum absolute atomic E-state index is 0.0366. The Kier molecular flexibility index (Phi) is 13.9. The molecule has 53 heavy (non-hydrogen) atoms. The first-order valence-electron chi connectivity index (χ1n) is 15.8. The Hall–Kier alpha value is -4.70. The standard InChI is InChI=1S/C34H42O19/c1-45-18-9-16(10-19(46-2)26(18)39)5-7-24(37)49-14-23-28(41)30(43)31(44)33(50-23)53-34(15-36)32(29(42)22(13-35)52-34)51-25(38)8-6-17-11-20(47-3)27(40)21(12-17)48-4/h5-12,22-23,28-33,35-36,39-44H,13-15H2,1-4H3/t22-,23-,28-,29-,30+,31-,32+,33-,34+/m1/s1. The van der Waals surface area contributed by atoms with Gasteiger partial charge in [0.25, 0.3) is 0 Å². The van der Waals surface area contributed by atoms with Gasteiger partial charge in [-0.3, -0.25) is 0 Å². The summed E-state index contributed by atoms with van der Waals surface area (Å²) in [5, 5.41) is 83.3. The van der Waals surface area contributed by atoms with Crippen LogP contribution >= 0.6 is 0 Å². The topological polar surface area (TPSA) is 279 Å². The van der Waals surface area contributed by atoms with E-state index in [2.05, 4.69) is 0 Å². The lowest BCUT2D eigenvalue weighted by Gasteiger charge is -2.43. The second kappa shape index (κ2) is 17.9. The molecule has 2 fully saturated rings. The Morgan fingerprint density at radius 3 is 1.66 bits per heavy atom. The van der Waals surface area contributed by atoms with Gasteiger partial charge in [-0.1, -0.05) is 0 Å². The number of phenolic OH excluding ortho intramolecular Hbond substituents is 2. The molecule has 0 radical (unpaired) electrons. The molecule has 0 aromatic heterocycles. The van der Waals surface area contributed by atoms with Gasteiger partial charge in [0.05, 0.1) is 35.0 Å². The van der Waals surface area contributed by atoms with Crippen molar-refractivity contribution >= 4 is 24.1 Å². The molecular formula is C34H42O19. The van der Waals surface area contributed by atoms with Crippen LogP contribution in [0.3, 0.4) is 0 Å². The number of carbonyl (C=O) groups is 2.